The number of fused-ring (bicyclic) bond motifs is 1. The van der Waals surface area contributed by atoms with Crippen molar-refractivity contribution in [2.75, 3.05) is 26.2 Å². The van der Waals surface area contributed by atoms with Crippen LogP contribution in [0.25, 0.3) is 0 Å². The van der Waals surface area contributed by atoms with Gasteiger partial charge in [-0.3, -0.25) is 4.79 Å². The van der Waals surface area contributed by atoms with Gasteiger partial charge in [-0.25, -0.2) is 9.79 Å². The molecule has 0 radical (unpaired) electrons. The standard InChI is InChI=1S/C24H31ClN4O2/c25-20-6-2-1-5-19(20)23(30)28-15-9-17(10-16-28)27-13-11-18(12-14-27)29-22-8-4-3-7-21(22)26-24(29)31/h1-2,5-6,17-18,22H,3-4,7-16H2/t22-/m0/s1. The van der Waals surface area contributed by atoms with E-state index in [0.717, 1.165) is 70.4 Å². The first-order valence-electron chi connectivity index (χ1n) is 11.8. The van der Waals surface area contributed by atoms with E-state index in [0.29, 0.717) is 22.7 Å². The van der Waals surface area contributed by atoms with Crippen LogP contribution in [0, 0.1) is 0 Å². The van der Waals surface area contributed by atoms with Gasteiger partial charge in [-0.15, -0.1) is 0 Å². The van der Waals surface area contributed by atoms with Crippen LogP contribution in [0.4, 0.5) is 4.79 Å². The highest BCUT2D eigenvalue weighted by atomic mass is 35.5. The Hall–Kier alpha value is -1.92. The number of benzene rings is 1. The van der Waals surface area contributed by atoms with Crippen molar-refractivity contribution < 1.29 is 9.59 Å². The molecule has 3 aliphatic heterocycles. The number of hydrogen-bond donors (Lipinski definition) is 0. The molecule has 0 spiro atoms. The number of nitrogens with zero attached hydrogens (tertiary/aromatic N) is 4. The summed E-state index contributed by atoms with van der Waals surface area (Å²) in [5.41, 5.74) is 1.73. The number of halogens is 1. The lowest BCUT2D eigenvalue weighted by molar-refractivity contribution is 0.0497. The Morgan fingerprint density at radius 3 is 2.39 bits per heavy atom. The third-order valence-electron chi connectivity index (χ3n) is 7.61. The van der Waals surface area contributed by atoms with Crippen LogP contribution < -0.4 is 0 Å². The van der Waals surface area contributed by atoms with Crippen molar-refractivity contribution in [3.05, 3.63) is 34.9 Å². The van der Waals surface area contributed by atoms with Crippen LogP contribution in [0.15, 0.2) is 29.3 Å². The van der Waals surface area contributed by atoms with E-state index in [9.17, 15) is 9.59 Å². The number of aliphatic imine (C=N–C) groups is 1. The molecule has 3 amide bonds. The van der Waals surface area contributed by atoms with Gasteiger partial charge in [-0.1, -0.05) is 30.2 Å². The summed E-state index contributed by atoms with van der Waals surface area (Å²) < 4.78 is 0. The lowest BCUT2D eigenvalue weighted by atomic mass is 9.90. The molecule has 6 nitrogen and oxygen atoms in total. The molecule has 3 heterocycles. The molecule has 1 atom stereocenters. The fourth-order valence-electron chi connectivity index (χ4n) is 5.90. The van der Waals surface area contributed by atoms with Crippen LogP contribution in [0.3, 0.4) is 0 Å². The largest absolute Gasteiger partial charge is 0.344 e. The monoisotopic (exact) mass is 442 g/mol. The molecule has 3 fully saturated rings. The highest BCUT2D eigenvalue weighted by Gasteiger charge is 2.41. The van der Waals surface area contributed by atoms with E-state index >= 15 is 0 Å². The van der Waals surface area contributed by atoms with Gasteiger partial charge in [0.25, 0.3) is 5.91 Å². The minimum atomic E-state index is 0.00624. The van der Waals surface area contributed by atoms with Crippen molar-refractivity contribution in [2.24, 2.45) is 4.99 Å². The smallest absolute Gasteiger partial charge is 0.338 e. The van der Waals surface area contributed by atoms with Crippen molar-refractivity contribution >= 4 is 29.3 Å². The predicted octanol–water partition coefficient (Wildman–Crippen LogP) is 4.23. The molecule has 7 heteroatoms. The van der Waals surface area contributed by atoms with Gasteiger partial charge in [-0.05, 0) is 57.1 Å². The van der Waals surface area contributed by atoms with Crippen molar-refractivity contribution in [3.8, 4) is 0 Å². The maximum Gasteiger partial charge on any atom is 0.344 e. The third kappa shape index (κ3) is 4.12. The van der Waals surface area contributed by atoms with Crippen molar-refractivity contribution in [1.29, 1.82) is 0 Å². The van der Waals surface area contributed by atoms with Crippen LogP contribution >= 0.6 is 11.6 Å². The summed E-state index contributed by atoms with van der Waals surface area (Å²) >= 11 is 6.22. The molecule has 1 aliphatic carbocycles. The van der Waals surface area contributed by atoms with E-state index in [1.165, 1.54) is 12.8 Å². The normalized spacial score (nSPS) is 26.2. The number of amides is 3. The first-order chi connectivity index (χ1) is 15.1. The molecular weight excluding hydrogens is 412 g/mol. The van der Waals surface area contributed by atoms with Gasteiger partial charge < -0.3 is 14.7 Å². The average Bonchev–Trinajstić information content (AvgIpc) is 3.15. The molecule has 1 saturated carbocycles. The number of likely N-dealkylation sites (tertiary alicyclic amines) is 2. The number of urea groups is 1. The minimum absolute atomic E-state index is 0.00624. The molecule has 0 unspecified atom stereocenters. The molecule has 1 aromatic carbocycles. The van der Waals surface area contributed by atoms with Crippen LogP contribution in [0.1, 0.15) is 61.7 Å². The molecule has 31 heavy (non-hydrogen) atoms. The maximum absolute atomic E-state index is 12.8. The van der Waals surface area contributed by atoms with Gasteiger partial charge in [0.05, 0.1) is 16.6 Å². The van der Waals surface area contributed by atoms with Crippen LogP contribution in [-0.2, 0) is 0 Å². The Morgan fingerprint density at radius 1 is 0.935 bits per heavy atom. The zero-order valence-electron chi connectivity index (χ0n) is 18.0. The van der Waals surface area contributed by atoms with E-state index in [1.54, 1.807) is 6.07 Å². The molecule has 1 aromatic rings. The zero-order valence-corrected chi connectivity index (χ0v) is 18.8. The maximum atomic E-state index is 12.8. The van der Waals surface area contributed by atoms with Gasteiger partial charge in [0, 0.05) is 44.0 Å². The summed E-state index contributed by atoms with van der Waals surface area (Å²) in [6.45, 7) is 3.61. The summed E-state index contributed by atoms with van der Waals surface area (Å²) in [6.07, 6.45) is 8.52. The summed E-state index contributed by atoms with van der Waals surface area (Å²) in [4.78, 5) is 36.4. The minimum Gasteiger partial charge on any atom is -0.338 e. The highest BCUT2D eigenvalue weighted by molar-refractivity contribution is 6.33. The second kappa shape index (κ2) is 8.91. The second-order valence-corrected chi connectivity index (χ2v) is 9.73. The van der Waals surface area contributed by atoms with Crippen LogP contribution in [0.5, 0.6) is 0 Å². The van der Waals surface area contributed by atoms with Crippen molar-refractivity contribution in [3.63, 3.8) is 0 Å². The lowest BCUT2D eigenvalue weighted by Crippen LogP contribution is -2.54. The number of carbonyl (C=O) groups is 2. The van der Waals surface area contributed by atoms with Crippen LogP contribution in [0.2, 0.25) is 5.02 Å². The highest BCUT2D eigenvalue weighted by Crippen LogP contribution is 2.32. The molecular formula is C24H31ClN4O2. The fraction of sp³-hybridized carbons (Fsp3) is 0.625. The van der Waals surface area contributed by atoms with Gasteiger partial charge in [-0.2, -0.15) is 0 Å². The molecule has 5 rings (SSSR count). The fourth-order valence-corrected chi connectivity index (χ4v) is 6.12. The first-order valence-corrected chi connectivity index (χ1v) is 12.2. The molecule has 0 bridgehead atoms. The number of hydrogen-bond acceptors (Lipinski definition) is 3. The predicted molar refractivity (Wildman–Crippen MR) is 122 cm³/mol. The topological polar surface area (TPSA) is 56.2 Å². The summed E-state index contributed by atoms with van der Waals surface area (Å²) in [7, 11) is 0. The number of rotatable bonds is 3. The Labute approximate surface area is 189 Å². The molecule has 4 aliphatic rings. The second-order valence-electron chi connectivity index (χ2n) is 9.32. The summed E-state index contributed by atoms with van der Waals surface area (Å²) in [6, 6.07) is 8.43. The summed E-state index contributed by atoms with van der Waals surface area (Å²) in [5.74, 6) is 0.0404. The SMILES string of the molecule is O=C(c1ccccc1Cl)N1CCC(N2CCC(N3C(=O)N=C4CCCC[C@@H]43)CC2)CC1. The molecule has 0 aromatic heterocycles. The van der Waals surface area contributed by atoms with E-state index in [1.807, 2.05) is 23.1 Å². The van der Waals surface area contributed by atoms with Gasteiger partial charge in [0.15, 0.2) is 0 Å². The third-order valence-corrected chi connectivity index (χ3v) is 7.94. The van der Waals surface area contributed by atoms with Crippen molar-refractivity contribution in [2.45, 2.75) is 69.5 Å². The van der Waals surface area contributed by atoms with Gasteiger partial charge >= 0.3 is 6.03 Å². The zero-order chi connectivity index (χ0) is 21.4. The van der Waals surface area contributed by atoms with Crippen LogP contribution in [-0.4, -0.2) is 76.7 Å². The number of carbonyl (C=O) groups excluding carboxylic acids is 2. The van der Waals surface area contributed by atoms with Gasteiger partial charge in [0.2, 0.25) is 0 Å². The van der Waals surface area contributed by atoms with Crippen molar-refractivity contribution in [1.82, 2.24) is 14.7 Å². The Balaban J connectivity index is 1.13. The first kappa shape index (κ1) is 21.0. The Morgan fingerprint density at radius 2 is 1.65 bits per heavy atom. The van der Waals surface area contributed by atoms with E-state index < -0.39 is 0 Å². The molecule has 2 saturated heterocycles. The summed E-state index contributed by atoms with van der Waals surface area (Å²) in [5, 5.41) is 0.526. The number of piperidine rings is 2. The quantitative estimate of drug-likeness (QED) is 0.703. The molecule has 166 valence electrons. The van der Waals surface area contributed by atoms with E-state index in [4.69, 9.17) is 11.6 Å². The molecule has 0 N–H and O–H groups in total. The van der Waals surface area contributed by atoms with Gasteiger partial charge in [0.1, 0.15) is 0 Å². The Kier molecular flexibility index (Phi) is 6.02. The van der Waals surface area contributed by atoms with E-state index in [-0.39, 0.29) is 18.0 Å². The van der Waals surface area contributed by atoms with E-state index in [2.05, 4.69) is 14.8 Å². The Bertz CT molecular complexity index is 872. The average molecular weight is 443 g/mol. The lowest BCUT2D eigenvalue weighted by Gasteiger charge is -2.44.